The van der Waals surface area contributed by atoms with E-state index in [2.05, 4.69) is 39.4 Å². The van der Waals surface area contributed by atoms with E-state index in [1.807, 2.05) is 31.2 Å². The first kappa shape index (κ1) is 15.2. The van der Waals surface area contributed by atoms with Crippen LogP contribution in [-0.4, -0.2) is 21.0 Å². The second kappa shape index (κ2) is 6.99. The van der Waals surface area contributed by atoms with Crippen LogP contribution in [0.2, 0.25) is 0 Å². The molecule has 6 nitrogen and oxygen atoms in total. The molecule has 0 unspecified atom stereocenters. The Morgan fingerprint density at radius 1 is 1.19 bits per heavy atom. The van der Waals surface area contributed by atoms with Gasteiger partial charge in [-0.2, -0.15) is 15.0 Å². The highest BCUT2D eigenvalue weighted by molar-refractivity contribution is 5.58. The zero-order valence-corrected chi connectivity index (χ0v) is 12.7. The molecule has 0 aliphatic heterocycles. The number of anilines is 3. The van der Waals surface area contributed by atoms with Gasteiger partial charge in [-0.15, -0.1) is 0 Å². The van der Waals surface area contributed by atoms with E-state index >= 15 is 0 Å². The third-order valence-corrected chi connectivity index (χ3v) is 3.31. The summed E-state index contributed by atoms with van der Waals surface area (Å²) in [5, 5.41) is 6.53. The van der Waals surface area contributed by atoms with Crippen LogP contribution in [0.4, 0.5) is 17.6 Å². The van der Waals surface area contributed by atoms with Crippen LogP contribution in [0.15, 0.2) is 24.3 Å². The summed E-state index contributed by atoms with van der Waals surface area (Å²) >= 11 is 0. The maximum absolute atomic E-state index is 5.76. The van der Waals surface area contributed by atoms with Crippen molar-refractivity contribution in [2.45, 2.75) is 39.8 Å². The first-order chi connectivity index (χ1) is 10.1. The molecule has 2 aromatic rings. The molecular weight excluding hydrogens is 264 g/mol. The normalized spacial score (nSPS) is 12.1. The number of hydrogen-bond acceptors (Lipinski definition) is 6. The van der Waals surface area contributed by atoms with Crippen molar-refractivity contribution in [2.24, 2.45) is 0 Å². The van der Waals surface area contributed by atoms with Crippen molar-refractivity contribution in [3.8, 4) is 0 Å². The molecule has 0 spiro atoms. The summed E-state index contributed by atoms with van der Waals surface area (Å²) in [5.74, 6) is 1.33. The Kier molecular flexibility index (Phi) is 5.05. The van der Waals surface area contributed by atoms with E-state index in [0.29, 0.717) is 24.4 Å². The molecule has 0 saturated heterocycles. The van der Waals surface area contributed by atoms with Crippen LogP contribution < -0.4 is 16.4 Å². The van der Waals surface area contributed by atoms with E-state index in [9.17, 15) is 0 Å². The minimum absolute atomic E-state index is 0.224. The third kappa shape index (κ3) is 4.39. The third-order valence-electron chi connectivity index (χ3n) is 3.31. The number of rotatable bonds is 6. The fourth-order valence-corrected chi connectivity index (χ4v) is 1.82. The number of nitrogens with two attached hydrogens (primary N) is 1. The monoisotopic (exact) mass is 286 g/mol. The Hall–Kier alpha value is -2.21. The molecular formula is C15H22N6. The molecule has 0 fully saturated rings. The standard InChI is InChI=1S/C15H22N6/c1-4-11(3)17-9-13-19-14(16)21-15(20-13)18-12-8-6-5-7-10(12)2/h5-8,11,17H,4,9H2,1-3H3,(H3,16,18,19,20,21)/t11-/m0/s1. The predicted molar refractivity (Wildman–Crippen MR) is 85.3 cm³/mol. The fraction of sp³-hybridized carbons (Fsp3) is 0.400. The number of aryl methyl sites for hydroxylation is 1. The van der Waals surface area contributed by atoms with Crippen LogP contribution in [-0.2, 0) is 6.54 Å². The quantitative estimate of drug-likeness (QED) is 0.755. The van der Waals surface area contributed by atoms with Crippen LogP contribution >= 0.6 is 0 Å². The molecule has 0 saturated carbocycles. The number of nitrogens with one attached hydrogen (secondary N) is 2. The molecule has 1 heterocycles. The SMILES string of the molecule is CC[C@H](C)NCc1nc(N)nc(Nc2ccccc2C)n1. The lowest BCUT2D eigenvalue weighted by atomic mass is 10.2. The van der Waals surface area contributed by atoms with Gasteiger partial charge in [0.1, 0.15) is 5.82 Å². The number of hydrogen-bond donors (Lipinski definition) is 3. The van der Waals surface area contributed by atoms with E-state index in [1.54, 1.807) is 0 Å². The smallest absolute Gasteiger partial charge is 0.232 e. The van der Waals surface area contributed by atoms with E-state index < -0.39 is 0 Å². The van der Waals surface area contributed by atoms with Gasteiger partial charge in [0, 0.05) is 11.7 Å². The molecule has 0 aliphatic rings. The molecule has 2 rings (SSSR count). The van der Waals surface area contributed by atoms with Gasteiger partial charge in [-0.3, -0.25) is 0 Å². The van der Waals surface area contributed by atoms with Gasteiger partial charge in [0.15, 0.2) is 0 Å². The number of aromatic nitrogens is 3. The summed E-state index contributed by atoms with van der Waals surface area (Å²) in [7, 11) is 0. The van der Waals surface area contributed by atoms with Crippen molar-refractivity contribution in [2.75, 3.05) is 11.1 Å². The summed E-state index contributed by atoms with van der Waals surface area (Å²) in [6.07, 6.45) is 1.05. The van der Waals surface area contributed by atoms with E-state index in [0.717, 1.165) is 17.7 Å². The maximum Gasteiger partial charge on any atom is 0.232 e. The average molecular weight is 286 g/mol. The molecule has 4 N–H and O–H groups in total. The minimum atomic E-state index is 0.224. The zero-order chi connectivity index (χ0) is 15.2. The lowest BCUT2D eigenvalue weighted by Gasteiger charge is -2.12. The summed E-state index contributed by atoms with van der Waals surface area (Å²) in [6, 6.07) is 8.37. The van der Waals surface area contributed by atoms with Crippen LogP contribution in [0.5, 0.6) is 0 Å². The van der Waals surface area contributed by atoms with Gasteiger partial charge >= 0.3 is 0 Å². The van der Waals surface area contributed by atoms with Crippen molar-refractivity contribution >= 4 is 17.6 Å². The topological polar surface area (TPSA) is 88.8 Å². The van der Waals surface area contributed by atoms with Gasteiger partial charge in [0.2, 0.25) is 11.9 Å². The van der Waals surface area contributed by atoms with Crippen LogP contribution in [0.1, 0.15) is 31.7 Å². The highest BCUT2D eigenvalue weighted by Gasteiger charge is 2.07. The highest BCUT2D eigenvalue weighted by Crippen LogP contribution is 2.17. The molecule has 6 heteroatoms. The summed E-state index contributed by atoms with van der Waals surface area (Å²) in [5.41, 5.74) is 7.84. The van der Waals surface area contributed by atoms with E-state index in [1.165, 1.54) is 0 Å². The lowest BCUT2D eigenvalue weighted by Crippen LogP contribution is -2.26. The zero-order valence-electron chi connectivity index (χ0n) is 12.7. The second-order valence-corrected chi connectivity index (χ2v) is 5.06. The molecule has 0 aliphatic carbocycles. The summed E-state index contributed by atoms with van der Waals surface area (Å²) in [6.45, 7) is 6.85. The van der Waals surface area contributed by atoms with Gasteiger partial charge in [-0.05, 0) is 31.9 Å². The molecule has 1 aromatic carbocycles. The molecule has 21 heavy (non-hydrogen) atoms. The number of nitrogen functional groups attached to an aromatic ring is 1. The Bertz CT molecular complexity index is 598. The largest absolute Gasteiger partial charge is 0.368 e. The van der Waals surface area contributed by atoms with Crippen molar-refractivity contribution in [1.82, 2.24) is 20.3 Å². The number of benzene rings is 1. The van der Waals surface area contributed by atoms with Gasteiger partial charge in [0.05, 0.1) is 6.54 Å². The average Bonchev–Trinajstić information content (AvgIpc) is 2.46. The van der Waals surface area contributed by atoms with E-state index in [4.69, 9.17) is 5.73 Å². The highest BCUT2D eigenvalue weighted by atomic mass is 15.2. The van der Waals surface area contributed by atoms with Crippen molar-refractivity contribution < 1.29 is 0 Å². The van der Waals surface area contributed by atoms with Crippen molar-refractivity contribution in [3.63, 3.8) is 0 Å². The molecule has 1 aromatic heterocycles. The first-order valence-electron chi connectivity index (χ1n) is 7.15. The molecule has 112 valence electrons. The summed E-state index contributed by atoms with van der Waals surface area (Å²) < 4.78 is 0. The fourth-order valence-electron chi connectivity index (χ4n) is 1.82. The Balaban J connectivity index is 2.13. The number of nitrogens with zero attached hydrogens (tertiary/aromatic N) is 3. The Labute approximate surface area is 125 Å². The van der Waals surface area contributed by atoms with Gasteiger partial charge < -0.3 is 16.4 Å². The molecule has 0 amide bonds. The lowest BCUT2D eigenvalue weighted by molar-refractivity contribution is 0.522. The Morgan fingerprint density at radius 2 is 1.95 bits per heavy atom. The first-order valence-corrected chi connectivity index (χ1v) is 7.15. The predicted octanol–water partition coefficient (Wildman–Crippen LogP) is 2.39. The van der Waals surface area contributed by atoms with E-state index in [-0.39, 0.29) is 5.95 Å². The maximum atomic E-state index is 5.76. The van der Waals surface area contributed by atoms with Gasteiger partial charge in [0.25, 0.3) is 0 Å². The van der Waals surface area contributed by atoms with Crippen LogP contribution in [0.3, 0.4) is 0 Å². The summed E-state index contributed by atoms with van der Waals surface area (Å²) in [4.78, 5) is 12.7. The van der Waals surface area contributed by atoms with Gasteiger partial charge in [-0.1, -0.05) is 25.1 Å². The van der Waals surface area contributed by atoms with Crippen LogP contribution in [0, 0.1) is 6.92 Å². The van der Waals surface area contributed by atoms with Crippen molar-refractivity contribution in [1.29, 1.82) is 0 Å². The Morgan fingerprint density at radius 3 is 2.67 bits per heavy atom. The number of para-hydroxylation sites is 1. The molecule has 1 atom stereocenters. The molecule has 0 radical (unpaired) electrons. The molecule has 0 bridgehead atoms. The minimum Gasteiger partial charge on any atom is -0.368 e. The van der Waals surface area contributed by atoms with Crippen LogP contribution in [0.25, 0.3) is 0 Å². The van der Waals surface area contributed by atoms with Crippen molar-refractivity contribution in [3.05, 3.63) is 35.7 Å². The van der Waals surface area contributed by atoms with Gasteiger partial charge in [-0.25, -0.2) is 0 Å². The second-order valence-electron chi connectivity index (χ2n) is 5.06.